The van der Waals surface area contributed by atoms with E-state index in [1.54, 1.807) is 25.1 Å². The first kappa shape index (κ1) is 17.1. The van der Waals surface area contributed by atoms with Crippen LogP contribution < -0.4 is 5.32 Å². The Morgan fingerprint density at radius 3 is 2.78 bits per heavy atom. The Kier molecular flexibility index (Phi) is 5.15. The quantitative estimate of drug-likeness (QED) is 0.858. The molecule has 6 heteroatoms. The van der Waals surface area contributed by atoms with Crippen LogP contribution in [0.15, 0.2) is 34.9 Å². The number of carbonyl (C=O) groups excluding carboxylic acids is 1. The van der Waals surface area contributed by atoms with Gasteiger partial charge in [-0.25, -0.2) is 4.39 Å². The number of nitrogens with one attached hydrogen (secondary N) is 1. The maximum Gasteiger partial charge on any atom is 0.273 e. The molecule has 0 radical (unpaired) electrons. The fourth-order valence-electron chi connectivity index (χ4n) is 2.45. The first-order valence-electron chi connectivity index (χ1n) is 7.46. The Hall–Kier alpha value is -2.21. The fourth-order valence-corrected chi connectivity index (χ4v) is 2.45. The molecule has 0 saturated carbocycles. The van der Waals surface area contributed by atoms with E-state index in [1.807, 2.05) is 13.8 Å². The molecule has 1 aromatic carbocycles. The topological polar surface area (TPSA) is 75.4 Å². The number of hydrogen-bond donors (Lipinski definition) is 2. The molecule has 2 rings (SSSR count). The van der Waals surface area contributed by atoms with E-state index < -0.39 is 17.8 Å². The predicted octanol–water partition coefficient (Wildman–Crippen LogP) is 3.01. The van der Waals surface area contributed by atoms with Gasteiger partial charge in [-0.05, 0) is 30.9 Å². The Morgan fingerprint density at radius 1 is 1.43 bits per heavy atom. The van der Waals surface area contributed by atoms with Crippen LogP contribution in [-0.2, 0) is 0 Å². The minimum Gasteiger partial charge on any atom is -0.393 e. The average Bonchev–Trinajstić information content (AvgIpc) is 2.93. The highest BCUT2D eigenvalue weighted by Gasteiger charge is 2.22. The maximum absolute atomic E-state index is 13.7. The van der Waals surface area contributed by atoms with Gasteiger partial charge in [-0.2, -0.15) is 0 Å². The van der Waals surface area contributed by atoms with E-state index in [1.165, 1.54) is 12.1 Å². The lowest BCUT2D eigenvalue weighted by molar-refractivity contribution is 0.0893. The molecule has 1 atom stereocenters. The van der Waals surface area contributed by atoms with E-state index in [0.717, 1.165) is 0 Å². The van der Waals surface area contributed by atoms with Crippen LogP contribution in [0.2, 0.25) is 0 Å². The van der Waals surface area contributed by atoms with Gasteiger partial charge < -0.3 is 14.9 Å². The number of hydrogen-bond acceptors (Lipinski definition) is 4. The van der Waals surface area contributed by atoms with Crippen LogP contribution in [0.3, 0.4) is 0 Å². The Bertz CT molecular complexity index is 680. The van der Waals surface area contributed by atoms with Crippen molar-refractivity contribution in [2.75, 3.05) is 6.54 Å². The molecule has 1 amide bonds. The van der Waals surface area contributed by atoms with Crippen LogP contribution in [0, 0.1) is 11.2 Å². The number of carbonyl (C=O) groups is 1. The lowest BCUT2D eigenvalue weighted by atomic mass is 9.87. The maximum atomic E-state index is 13.7. The zero-order chi connectivity index (χ0) is 17.0. The monoisotopic (exact) mass is 320 g/mol. The second-order valence-electron chi connectivity index (χ2n) is 6.46. The smallest absolute Gasteiger partial charge is 0.273 e. The number of nitrogens with zero attached hydrogens (tertiary/aromatic N) is 1. The highest BCUT2D eigenvalue weighted by atomic mass is 19.1. The molecule has 0 aliphatic heterocycles. The SMILES string of the molecule is CC(O)CC(C)(C)CNC(=O)c1cc(-c2ccccc2F)on1. The molecule has 0 aliphatic carbocycles. The van der Waals surface area contributed by atoms with Crippen LogP contribution in [-0.4, -0.2) is 28.8 Å². The normalized spacial score (nSPS) is 12.9. The highest BCUT2D eigenvalue weighted by molar-refractivity contribution is 5.93. The third-order valence-corrected chi connectivity index (χ3v) is 3.46. The number of rotatable bonds is 6. The summed E-state index contributed by atoms with van der Waals surface area (Å²) >= 11 is 0. The van der Waals surface area contributed by atoms with Gasteiger partial charge >= 0.3 is 0 Å². The summed E-state index contributed by atoms with van der Waals surface area (Å²) in [6.07, 6.45) is 0.119. The summed E-state index contributed by atoms with van der Waals surface area (Å²) in [5, 5.41) is 15.9. The molecular formula is C17H21FN2O3. The van der Waals surface area contributed by atoms with Gasteiger partial charge in [-0.1, -0.05) is 31.1 Å². The minimum absolute atomic E-state index is 0.0936. The fraction of sp³-hybridized carbons (Fsp3) is 0.412. The minimum atomic E-state index is -0.443. The summed E-state index contributed by atoms with van der Waals surface area (Å²) in [6.45, 7) is 6.00. The van der Waals surface area contributed by atoms with Crippen molar-refractivity contribution in [3.05, 3.63) is 41.8 Å². The zero-order valence-corrected chi connectivity index (χ0v) is 13.5. The van der Waals surface area contributed by atoms with Gasteiger partial charge in [0.15, 0.2) is 11.5 Å². The molecule has 2 N–H and O–H groups in total. The molecule has 1 aromatic heterocycles. The van der Waals surface area contributed by atoms with Crippen molar-refractivity contribution in [3.63, 3.8) is 0 Å². The molecule has 1 unspecified atom stereocenters. The van der Waals surface area contributed by atoms with Gasteiger partial charge in [-0.15, -0.1) is 0 Å². The van der Waals surface area contributed by atoms with Crippen molar-refractivity contribution in [1.29, 1.82) is 0 Å². The Balaban J connectivity index is 2.03. The standard InChI is InChI=1S/C17H21FN2O3/c1-11(21)9-17(2,3)10-19-16(22)14-8-15(23-20-14)12-6-4-5-7-13(12)18/h4-8,11,21H,9-10H2,1-3H3,(H,19,22). The van der Waals surface area contributed by atoms with Crippen molar-refractivity contribution < 1.29 is 18.8 Å². The van der Waals surface area contributed by atoms with E-state index in [2.05, 4.69) is 10.5 Å². The van der Waals surface area contributed by atoms with Gasteiger partial charge in [0, 0.05) is 12.6 Å². The third-order valence-electron chi connectivity index (χ3n) is 3.46. The van der Waals surface area contributed by atoms with E-state index >= 15 is 0 Å². The number of aliphatic hydroxyl groups excluding tert-OH is 1. The molecule has 0 fully saturated rings. The molecule has 0 spiro atoms. The molecule has 0 saturated heterocycles. The number of halogens is 1. The molecule has 1 heterocycles. The van der Waals surface area contributed by atoms with E-state index in [-0.39, 0.29) is 22.4 Å². The number of aliphatic hydroxyl groups is 1. The van der Waals surface area contributed by atoms with Crippen molar-refractivity contribution in [2.24, 2.45) is 5.41 Å². The zero-order valence-electron chi connectivity index (χ0n) is 13.5. The van der Waals surface area contributed by atoms with E-state index in [4.69, 9.17) is 4.52 Å². The molecular weight excluding hydrogens is 299 g/mol. The van der Waals surface area contributed by atoms with Crippen LogP contribution in [0.1, 0.15) is 37.7 Å². The summed E-state index contributed by atoms with van der Waals surface area (Å²) in [6, 6.07) is 7.54. The van der Waals surface area contributed by atoms with Crippen molar-refractivity contribution >= 4 is 5.91 Å². The second-order valence-corrected chi connectivity index (χ2v) is 6.46. The summed E-state index contributed by atoms with van der Waals surface area (Å²) in [7, 11) is 0. The highest BCUT2D eigenvalue weighted by Crippen LogP contribution is 2.24. The summed E-state index contributed by atoms with van der Waals surface area (Å²) in [5.74, 6) is -0.625. The molecule has 0 bridgehead atoms. The van der Waals surface area contributed by atoms with Gasteiger partial charge in [0.05, 0.1) is 11.7 Å². The van der Waals surface area contributed by atoms with Crippen molar-refractivity contribution in [1.82, 2.24) is 10.5 Å². The summed E-state index contributed by atoms with van der Waals surface area (Å²) < 4.78 is 18.8. The van der Waals surface area contributed by atoms with Gasteiger partial charge in [0.2, 0.25) is 0 Å². The number of aromatic nitrogens is 1. The molecule has 124 valence electrons. The van der Waals surface area contributed by atoms with Gasteiger partial charge in [0.1, 0.15) is 5.82 Å². The van der Waals surface area contributed by atoms with Crippen molar-refractivity contribution in [3.8, 4) is 11.3 Å². The van der Waals surface area contributed by atoms with E-state index in [0.29, 0.717) is 13.0 Å². The first-order chi connectivity index (χ1) is 10.8. The van der Waals surface area contributed by atoms with Crippen LogP contribution in [0.25, 0.3) is 11.3 Å². The first-order valence-corrected chi connectivity index (χ1v) is 7.46. The van der Waals surface area contributed by atoms with Crippen LogP contribution in [0.5, 0.6) is 0 Å². The van der Waals surface area contributed by atoms with E-state index in [9.17, 15) is 14.3 Å². The number of amides is 1. The lowest BCUT2D eigenvalue weighted by Gasteiger charge is -2.26. The molecule has 23 heavy (non-hydrogen) atoms. The summed E-state index contributed by atoms with van der Waals surface area (Å²) in [5.41, 5.74) is 0.103. The molecule has 2 aromatic rings. The van der Waals surface area contributed by atoms with Crippen LogP contribution in [0.4, 0.5) is 4.39 Å². The molecule has 0 aliphatic rings. The third kappa shape index (κ3) is 4.63. The largest absolute Gasteiger partial charge is 0.393 e. The van der Waals surface area contributed by atoms with Gasteiger partial charge in [-0.3, -0.25) is 4.79 Å². The second kappa shape index (κ2) is 6.91. The number of benzene rings is 1. The Labute approximate surface area is 134 Å². The van der Waals surface area contributed by atoms with Crippen molar-refractivity contribution in [2.45, 2.75) is 33.3 Å². The van der Waals surface area contributed by atoms with Crippen LogP contribution >= 0.6 is 0 Å². The molecule has 5 nitrogen and oxygen atoms in total. The van der Waals surface area contributed by atoms with Gasteiger partial charge in [0.25, 0.3) is 5.91 Å². The average molecular weight is 320 g/mol. The lowest BCUT2D eigenvalue weighted by Crippen LogP contribution is -2.35. The predicted molar refractivity (Wildman–Crippen MR) is 84.3 cm³/mol. The summed E-state index contributed by atoms with van der Waals surface area (Å²) in [4.78, 5) is 12.1. The Morgan fingerprint density at radius 2 is 2.13 bits per heavy atom.